The summed E-state index contributed by atoms with van der Waals surface area (Å²) >= 11 is 0. The summed E-state index contributed by atoms with van der Waals surface area (Å²) in [7, 11) is 0. The molecule has 3 atom stereocenters. The molecule has 0 bridgehead atoms. The number of ketones is 1. The van der Waals surface area contributed by atoms with Gasteiger partial charge < -0.3 is 9.84 Å². The first-order valence-electron chi connectivity index (χ1n) is 9.51. The molecule has 1 aliphatic rings. The number of hydrogen-bond donors (Lipinski definition) is 1. The monoisotopic (exact) mass is 352 g/mol. The first kappa shape index (κ1) is 18.8. The van der Waals surface area contributed by atoms with Gasteiger partial charge in [0, 0.05) is 12.8 Å². The lowest BCUT2D eigenvalue weighted by molar-refractivity contribution is -0.135. The van der Waals surface area contributed by atoms with Crippen molar-refractivity contribution in [3.05, 3.63) is 71.3 Å². The average molecular weight is 352 g/mol. The fourth-order valence-corrected chi connectivity index (χ4v) is 4.07. The molecule has 0 aliphatic heterocycles. The highest BCUT2D eigenvalue weighted by atomic mass is 16.6. The van der Waals surface area contributed by atoms with Crippen LogP contribution in [-0.4, -0.2) is 23.8 Å². The number of ether oxygens (including phenoxy) is 1. The highest BCUT2D eigenvalue weighted by Gasteiger charge is 2.33. The number of Topliss-reactive ketones (excluding diaryl/α,β-unsaturated/α-hetero) is 1. The van der Waals surface area contributed by atoms with Gasteiger partial charge in [0.1, 0.15) is 12.6 Å². The predicted octanol–water partition coefficient (Wildman–Crippen LogP) is 4.16. The molecule has 1 aliphatic carbocycles. The number of carbonyl (C=O) groups excluding carboxylic acids is 1. The van der Waals surface area contributed by atoms with E-state index in [0.29, 0.717) is 24.7 Å². The third kappa shape index (κ3) is 5.03. The van der Waals surface area contributed by atoms with Crippen LogP contribution in [0.3, 0.4) is 0 Å². The van der Waals surface area contributed by atoms with Crippen LogP contribution in [0.4, 0.5) is 0 Å². The Morgan fingerprint density at radius 1 is 1.04 bits per heavy atom. The Hall–Kier alpha value is -1.97. The van der Waals surface area contributed by atoms with Crippen molar-refractivity contribution in [2.24, 2.45) is 11.8 Å². The smallest absolute Gasteiger partial charge is 0.143 e. The van der Waals surface area contributed by atoms with Gasteiger partial charge in [0.15, 0.2) is 0 Å². The van der Waals surface area contributed by atoms with E-state index in [0.717, 1.165) is 19.3 Å². The lowest BCUT2D eigenvalue weighted by Gasteiger charge is -2.34. The second-order valence-electron chi connectivity index (χ2n) is 7.44. The quantitative estimate of drug-likeness (QED) is 0.761. The Morgan fingerprint density at radius 3 is 2.38 bits per heavy atom. The Balaban J connectivity index is 1.60. The van der Waals surface area contributed by atoms with Crippen molar-refractivity contribution < 1.29 is 14.6 Å². The third-order valence-corrected chi connectivity index (χ3v) is 5.51. The van der Waals surface area contributed by atoms with Gasteiger partial charge in [0.25, 0.3) is 0 Å². The summed E-state index contributed by atoms with van der Waals surface area (Å²) in [6, 6.07) is 19.3. The molecule has 3 nitrogen and oxygen atoms in total. The minimum absolute atomic E-state index is 0.145. The summed E-state index contributed by atoms with van der Waals surface area (Å²) in [4.78, 5) is 11.7. The van der Waals surface area contributed by atoms with Gasteiger partial charge in [-0.2, -0.15) is 0 Å². The highest BCUT2D eigenvalue weighted by molar-refractivity contribution is 5.79. The highest BCUT2D eigenvalue weighted by Crippen LogP contribution is 2.32. The summed E-state index contributed by atoms with van der Waals surface area (Å²) in [5.41, 5.74) is 3.95. The fourth-order valence-electron chi connectivity index (χ4n) is 4.07. The van der Waals surface area contributed by atoms with E-state index in [4.69, 9.17) is 9.84 Å². The first-order valence-corrected chi connectivity index (χ1v) is 9.51. The summed E-state index contributed by atoms with van der Waals surface area (Å²) in [6.07, 6.45) is 3.70. The molecule has 1 saturated carbocycles. The minimum Gasteiger partial charge on any atom is -0.371 e. The second kappa shape index (κ2) is 9.11. The van der Waals surface area contributed by atoms with Crippen molar-refractivity contribution >= 4 is 5.78 Å². The van der Waals surface area contributed by atoms with Crippen molar-refractivity contribution in [1.29, 1.82) is 0 Å². The van der Waals surface area contributed by atoms with Gasteiger partial charge in [-0.3, -0.25) is 4.79 Å². The maximum atomic E-state index is 11.7. The first-order chi connectivity index (χ1) is 12.7. The van der Waals surface area contributed by atoms with Gasteiger partial charge in [-0.25, -0.2) is 0 Å². The summed E-state index contributed by atoms with van der Waals surface area (Å²) in [6.45, 7) is 1.92. The van der Waals surface area contributed by atoms with E-state index in [1.807, 2.05) is 6.07 Å². The SMILES string of the molecule is CC(Cc1ccc(Cc2ccccc2)cc1)C1CCC(=O)CC1OCO. The molecule has 0 radical (unpaired) electrons. The number of aliphatic hydroxyl groups excluding tert-OH is 1. The molecule has 0 amide bonds. The van der Waals surface area contributed by atoms with Crippen LogP contribution < -0.4 is 0 Å². The van der Waals surface area contributed by atoms with Gasteiger partial charge in [0.05, 0.1) is 6.10 Å². The van der Waals surface area contributed by atoms with Crippen molar-refractivity contribution in [2.75, 3.05) is 6.79 Å². The zero-order valence-electron chi connectivity index (χ0n) is 15.4. The molecule has 0 saturated heterocycles. The van der Waals surface area contributed by atoms with Crippen molar-refractivity contribution in [2.45, 2.75) is 45.1 Å². The Morgan fingerprint density at radius 2 is 1.69 bits per heavy atom. The molecule has 3 rings (SSSR count). The maximum Gasteiger partial charge on any atom is 0.143 e. The Kier molecular flexibility index (Phi) is 6.59. The molecule has 0 spiro atoms. The molecule has 26 heavy (non-hydrogen) atoms. The molecular weight excluding hydrogens is 324 g/mol. The van der Waals surface area contributed by atoms with E-state index in [1.165, 1.54) is 16.7 Å². The average Bonchev–Trinajstić information content (AvgIpc) is 2.64. The number of benzene rings is 2. The van der Waals surface area contributed by atoms with Crippen LogP contribution in [0.5, 0.6) is 0 Å². The van der Waals surface area contributed by atoms with Gasteiger partial charge >= 0.3 is 0 Å². The molecule has 3 unspecified atom stereocenters. The zero-order chi connectivity index (χ0) is 18.4. The lowest BCUT2D eigenvalue weighted by atomic mass is 9.76. The van der Waals surface area contributed by atoms with E-state index in [9.17, 15) is 4.79 Å². The summed E-state index contributed by atoms with van der Waals surface area (Å²) in [5, 5.41) is 9.11. The minimum atomic E-state index is -0.310. The maximum absolute atomic E-state index is 11.7. The van der Waals surface area contributed by atoms with Gasteiger partial charge in [-0.05, 0) is 47.8 Å². The van der Waals surface area contributed by atoms with Gasteiger partial charge in [0.2, 0.25) is 0 Å². The van der Waals surface area contributed by atoms with Crippen LogP contribution >= 0.6 is 0 Å². The normalized spacial score (nSPS) is 21.5. The number of carbonyl (C=O) groups is 1. The van der Waals surface area contributed by atoms with Crippen LogP contribution in [-0.2, 0) is 22.4 Å². The fraction of sp³-hybridized carbons (Fsp3) is 0.435. The van der Waals surface area contributed by atoms with E-state index in [-0.39, 0.29) is 18.7 Å². The van der Waals surface area contributed by atoms with Crippen molar-refractivity contribution in [3.63, 3.8) is 0 Å². The van der Waals surface area contributed by atoms with Crippen LogP contribution in [0.1, 0.15) is 42.9 Å². The van der Waals surface area contributed by atoms with Crippen LogP contribution in [0, 0.1) is 11.8 Å². The molecule has 2 aromatic carbocycles. The lowest BCUT2D eigenvalue weighted by Crippen LogP contribution is -2.36. The van der Waals surface area contributed by atoms with E-state index in [2.05, 4.69) is 55.5 Å². The topological polar surface area (TPSA) is 46.5 Å². The van der Waals surface area contributed by atoms with Crippen LogP contribution in [0.15, 0.2) is 54.6 Å². The molecule has 0 heterocycles. The van der Waals surface area contributed by atoms with Crippen molar-refractivity contribution in [3.8, 4) is 0 Å². The van der Waals surface area contributed by atoms with E-state index in [1.54, 1.807) is 0 Å². The number of rotatable bonds is 7. The standard InChI is InChI=1S/C23H28O3/c1-17(22-12-11-21(25)15-23(22)26-16-24)13-19-7-9-20(10-8-19)14-18-5-3-2-4-6-18/h2-10,17,22-24H,11-16H2,1H3. The third-order valence-electron chi connectivity index (χ3n) is 5.51. The Bertz CT molecular complexity index is 693. The molecule has 0 aromatic heterocycles. The van der Waals surface area contributed by atoms with Gasteiger partial charge in [-0.1, -0.05) is 61.5 Å². The molecule has 1 fully saturated rings. The van der Waals surface area contributed by atoms with Crippen molar-refractivity contribution in [1.82, 2.24) is 0 Å². The number of hydrogen-bond acceptors (Lipinski definition) is 3. The molecule has 138 valence electrons. The zero-order valence-corrected chi connectivity index (χ0v) is 15.4. The second-order valence-corrected chi connectivity index (χ2v) is 7.44. The summed E-state index contributed by atoms with van der Waals surface area (Å²) in [5.74, 6) is 0.987. The molecular formula is C23H28O3. The number of aliphatic hydroxyl groups is 1. The summed E-state index contributed by atoms with van der Waals surface area (Å²) < 4.78 is 5.44. The molecule has 1 N–H and O–H groups in total. The molecule has 2 aromatic rings. The van der Waals surface area contributed by atoms with E-state index < -0.39 is 0 Å². The Labute approximate surface area is 156 Å². The largest absolute Gasteiger partial charge is 0.371 e. The van der Waals surface area contributed by atoms with E-state index >= 15 is 0 Å². The predicted molar refractivity (Wildman–Crippen MR) is 103 cm³/mol. The van der Waals surface area contributed by atoms with Crippen LogP contribution in [0.25, 0.3) is 0 Å². The molecule has 3 heteroatoms. The van der Waals surface area contributed by atoms with Gasteiger partial charge in [-0.15, -0.1) is 0 Å². The van der Waals surface area contributed by atoms with Crippen LogP contribution in [0.2, 0.25) is 0 Å².